The third-order valence-corrected chi connectivity index (χ3v) is 4.59. The summed E-state index contributed by atoms with van der Waals surface area (Å²) in [6, 6.07) is 11.4. The van der Waals surface area contributed by atoms with Gasteiger partial charge in [-0.1, -0.05) is 35.9 Å². The Morgan fingerprint density at radius 1 is 1.22 bits per heavy atom. The first-order valence-corrected chi connectivity index (χ1v) is 8.01. The summed E-state index contributed by atoms with van der Waals surface area (Å²) in [6.07, 6.45) is 5.70. The van der Waals surface area contributed by atoms with Crippen LogP contribution in [0.1, 0.15) is 25.0 Å². The first kappa shape index (κ1) is 15.8. The van der Waals surface area contributed by atoms with Gasteiger partial charge in [0.05, 0.1) is 5.41 Å². The van der Waals surface area contributed by atoms with Crippen LogP contribution in [0.4, 0.5) is 0 Å². The molecule has 0 N–H and O–H groups in total. The molecule has 4 heteroatoms. The quantitative estimate of drug-likeness (QED) is 0.856. The van der Waals surface area contributed by atoms with Crippen molar-refractivity contribution in [3.05, 3.63) is 71.0 Å². The molecule has 3 rings (SSSR count). The van der Waals surface area contributed by atoms with Crippen LogP contribution in [0.15, 0.2) is 54.9 Å². The van der Waals surface area contributed by atoms with Gasteiger partial charge in [-0.3, -0.25) is 9.78 Å². The summed E-state index contributed by atoms with van der Waals surface area (Å²) in [4.78, 5) is 19.0. The van der Waals surface area contributed by atoms with E-state index in [2.05, 4.69) is 11.1 Å². The molecule has 2 heterocycles. The SMILES string of the molecule is CC(C)(C(=O)N1CC=C(c2cccnc2)C1)c1ccc(Cl)cc1. The van der Waals surface area contributed by atoms with E-state index in [0.717, 1.165) is 16.7 Å². The molecule has 118 valence electrons. The van der Waals surface area contributed by atoms with Gasteiger partial charge in [0, 0.05) is 30.5 Å². The molecule has 1 aliphatic heterocycles. The molecule has 0 radical (unpaired) electrons. The molecule has 23 heavy (non-hydrogen) atoms. The first-order chi connectivity index (χ1) is 11.0. The van der Waals surface area contributed by atoms with E-state index in [9.17, 15) is 4.79 Å². The fourth-order valence-electron chi connectivity index (χ4n) is 2.86. The number of nitrogens with zero attached hydrogens (tertiary/aromatic N) is 2. The van der Waals surface area contributed by atoms with Gasteiger partial charge in [0.2, 0.25) is 5.91 Å². The van der Waals surface area contributed by atoms with Crippen molar-refractivity contribution in [1.29, 1.82) is 0 Å². The minimum Gasteiger partial charge on any atom is -0.334 e. The maximum absolute atomic E-state index is 13.0. The van der Waals surface area contributed by atoms with Gasteiger partial charge in [0.1, 0.15) is 0 Å². The van der Waals surface area contributed by atoms with Crippen molar-refractivity contribution < 1.29 is 4.79 Å². The van der Waals surface area contributed by atoms with E-state index in [1.54, 1.807) is 6.20 Å². The predicted octanol–water partition coefficient (Wildman–Crippen LogP) is 3.94. The van der Waals surface area contributed by atoms with Crippen LogP contribution in [-0.2, 0) is 10.2 Å². The number of amides is 1. The molecule has 1 aromatic carbocycles. The standard InChI is InChI=1S/C19H19ClN2O/c1-19(2,16-5-7-17(20)8-6-16)18(23)22-11-9-15(13-22)14-4-3-10-21-12-14/h3-10,12H,11,13H2,1-2H3. The first-order valence-electron chi connectivity index (χ1n) is 7.63. The number of carbonyl (C=O) groups is 1. The Hall–Kier alpha value is -2.13. The highest BCUT2D eigenvalue weighted by molar-refractivity contribution is 6.30. The van der Waals surface area contributed by atoms with Gasteiger partial charge in [0.15, 0.2) is 0 Å². The highest BCUT2D eigenvalue weighted by Crippen LogP contribution is 2.30. The lowest BCUT2D eigenvalue weighted by Crippen LogP contribution is -2.42. The molecule has 1 aliphatic rings. The molecule has 0 saturated heterocycles. The van der Waals surface area contributed by atoms with Gasteiger partial charge in [0.25, 0.3) is 0 Å². The van der Waals surface area contributed by atoms with Crippen molar-refractivity contribution in [1.82, 2.24) is 9.88 Å². The largest absolute Gasteiger partial charge is 0.334 e. The van der Waals surface area contributed by atoms with E-state index < -0.39 is 5.41 Å². The van der Waals surface area contributed by atoms with Gasteiger partial charge in [-0.2, -0.15) is 0 Å². The zero-order valence-electron chi connectivity index (χ0n) is 13.3. The topological polar surface area (TPSA) is 33.2 Å². The molecule has 2 aromatic rings. The summed E-state index contributed by atoms with van der Waals surface area (Å²) < 4.78 is 0. The molecule has 1 amide bonds. The molecular formula is C19H19ClN2O. The maximum Gasteiger partial charge on any atom is 0.233 e. The number of halogens is 1. The summed E-state index contributed by atoms with van der Waals surface area (Å²) in [5.74, 6) is 0.120. The highest BCUT2D eigenvalue weighted by Gasteiger charge is 2.35. The van der Waals surface area contributed by atoms with Gasteiger partial charge < -0.3 is 4.90 Å². The third-order valence-electron chi connectivity index (χ3n) is 4.34. The van der Waals surface area contributed by atoms with Crippen molar-refractivity contribution >= 4 is 23.1 Å². The minimum atomic E-state index is -0.581. The van der Waals surface area contributed by atoms with E-state index in [1.165, 1.54) is 0 Å². The number of carbonyl (C=O) groups excluding carboxylic acids is 1. The number of aromatic nitrogens is 1. The number of hydrogen-bond donors (Lipinski definition) is 0. The van der Waals surface area contributed by atoms with E-state index >= 15 is 0 Å². The van der Waals surface area contributed by atoms with Gasteiger partial charge in [-0.05, 0) is 48.7 Å². The monoisotopic (exact) mass is 326 g/mol. The molecule has 0 saturated carbocycles. The lowest BCUT2D eigenvalue weighted by atomic mass is 9.83. The zero-order valence-corrected chi connectivity index (χ0v) is 14.0. The van der Waals surface area contributed by atoms with E-state index in [0.29, 0.717) is 18.1 Å². The second kappa shape index (κ2) is 6.17. The summed E-state index contributed by atoms with van der Waals surface area (Å²) in [5.41, 5.74) is 2.62. The second-order valence-electron chi connectivity index (χ2n) is 6.29. The van der Waals surface area contributed by atoms with Crippen LogP contribution >= 0.6 is 11.6 Å². The average molecular weight is 327 g/mol. The van der Waals surface area contributed by atoms with Crippen LogP contribution in [0, 0.1) is 0 Å². The smallest absolute Gasteiger partial charge is 0.233 e. The highest BCUT2D eigenvalue weighted by atomic mass is 35.5. The molecule has 0 atom stereocenters. The Bertz CT molecular complexity index is 736. The van der Waals surface area contributed by atoms with Crippen LogP contribution in [0.3, 0.4) is 0 Å². The number of rotatable bonds is 3. The molecule has 0 fully saturated rings. The van der Waals surface area contributed by atoms with Crippen molar-refractivity contribution in [2.45, 2.75) is 19.3 Å². The van der Waals surface area contributed by atoms with E-state index in [4.69, 9.17) is 11.6 Å². The van der Waals surface area contributed by atoms with Crippen LogP contribution in [-0.4, -0.2) is 28.9 Å². The molecule has 1 aromatic heterocycles. The van der Waals surface area contributed by atoms with Crippen LogP contribution < -0.4 is 0 Å². The van der Waals surface area contributed by atoms with Crippen molar-refractivity contribution in [2.24, 2.45) is 0 Å². The Labute approximate surface area is 141 Å². The second-order valence-corrected chi connectivity index (χ2v) is 6.73. The fraction of sp³-hybridized carbons (Fsp3) is 0.263. The van der Waals surface area contributed by atoms with Crippen LogP contribution in [0.25, 0.3) is 5.57 Å². The van der Waals surface area contributed by atoms with Crippen LogP contribution in [0.2, 0.25) is 5.02 Å². The van der Waals surface area contributed by atoms with E-state index in [1.807, 2.05) is 61.3 Å². The Morgan fingerprint density at radius 2 is 1.96 bits per heavy atom. The number of hydrogen-bond acceptors (Lipinski definition) is 2. The number of benzene rings is 1. The maximum atomic E-state index is 13.0. The molecule has 3 nitrogen and oxygen atoms in total. The third kappa shape index (κ3) is 3.15. The summed E-state index contributed by atoms with van der Waals surface area (Å²) in [7, 11) is 0. The normalized spacial score (nSPS) is 14.7. The summed E-state index contributed by atoms with van der Waals surface area (Å²) in [6.45, 7) is 5.18. The fourth-order valence-corrected chi connectivity index (χ4v) is 2.98. The molecule has 0 spiro atoms. The zero-order chi connectivity index (χ0) is 16.4. The van der Waals surface area contributed by atoms with Crippen LogP contribution in [0.5, 0.6) is 0 Å². The summed E-state index contributed by atoms with van der Waals surface area (Å²) in [5, 5.41) is 0.679. The van der Waals surface area contributed by atoms with E-state index in [-0.39, 0.29) is 5.91 Å². The molecule has 0 aliphatic carbocycles. The lowest BCUT2D eigenvalue weighted by Gasteiger charge is -2.30. The lowest BCUT2D eigenvalue weighted by molar-refractivity contribution is -0.134. The van der Waals surface area contributed by atoms with Gasteiger partial charge in [-0.25, -0.2) is 0 Å². The predicted molar refractivity (Wildman–Crippen MR) is 93.3 cm³/mol. The number of pyridine rings is 1. The molecule has 0 unspecified atom stereocenters. The Balaban J connectivity index is 1.76. The molecular weight excluding hydrogens is 308 g/mol. The summed E-state index contributed by atoms with van der Waals surface area (Å²) >= 11 is 5.95. The van der Waals surface area contributed by atoms with Gasteiger partial charge in [-0.15, -0.1) is 0 Å². The average Bonchev–Trinajstić information content (AvgIpc) is 3.05. The Kier molecular flexibility index (Phi) is 4.22. The Morgan fingerprint density at radius 3 is 2.61 bits per heavy atom. The van der Waals surface area contributed by atoms with Crippen molar-refractivity contribution in [3.63, 3.8) is 0 Å². The van der Waals surface area contributed by atoms with Crippen molar-refractivity contribution in [3.8, 4) is 0 Å². The minimum absolute atomic E-state index is 0.120. The van der Waals surface area contributed by atoms with Crippen molar-refractivity contribution in [2.75, 3.05) is 13.1 Å². The molecule has 0 bridgehead atoms. The van der Waals surface area contributed by atoms with Gasteiger partial charge >= 0.3 is 0 Å².